The Morgan fingerprint density at radius 1 is 0.265 bits per heavy atom. The van der Waals surface area contributed by atoms with Gasteiger partial charge in [-0.3, -0.25) is 0 Å². The molecule has 3 heteroatoms. The van der Waals surface area contributed by atoms with Gasteiger partial charge in [-0.1, -0.05) is 193 Å². The Kier molecular flexibility index (Phi) is 10.4. The average Bonchev–Trinajstić information content (AvgIpc) is 2.84. The highest BCUT2D eigenvalue weighted by atomic mass is 32.2. The summed E-state index contributed by atoms with van der Waals surface area (Å²) < 4.78 is 0.685. The number of benzene rings is 10. The minimum Gasteiger partial charge on any atom is -0.118 e. The third-order valence-electron chi connectivity index (χ3n) is 23.8. The first kappa shape index (κ1) is 50.1. The molecule has 6 atom stereocenters. The van der Waals surface area contributed by atoms with E-state index in [2.05, 4.69) is 247 Å². The predicted octanol–water partition coefficient (Wildman–Crippen LogP) is 23.9. The van der Waals surface area contributed by atoms with Crippen molar-refractivity contribution in [3.63, 3.8) is 0 Å². The zero-order chi connectivity index (χ0) is 55.6. The zero-order valence-corrected chi connectivity index (χ0v) is 51.3. The third kappa shape index (κ3) is 6.45. The normalized spacial score (nSPS) is 27.2. The van der Waals surface area contributed by atoms with Crippen LogP contribution in [-0.2, 0) is 16.2 Å². The molecule has 408 valence electrons. The molecule has 6 aliphatic rings. The van der Waals surface area contributed by atoms with E-state index in [-0.39, 0.29) is 30.5 Å². The van der Waals surface area contributed by atoms with Gasteiger partial charge in [0, 0.05) is 45.2 Å². The van der Waals surface area contributed by atoms with Gasteiger partial charge in [0.1, 0.15) is 0 Å². The highest BCUT2D eigenvalue weighted by Crippen LogP contribution is 2.67. The van der Waals surface area contributed by atoms with Crippen molar-refractivity contribution in [3.05, 3.63) is 187 Å². The Bertz CT molecular complexity index is 4550. The van der Waals surface area contributed by atoms with Gasteiger partial charge < -0.3 is 0 Å². The summed E-state index contributed by atoms with van der Waals surface area (Å²) in [6.45, 7) is 15.4. The Balaban J connectivity index is 0.958. The second kappa shape index (κ2) is 17.2. The summed E-state index contributed by atoms with van der Waals surface area (Å²) >= 11 is 6.47. The van der Waals surface area contributed by atoms with Gasteiger partial charge >= 0.3 is 0 Å². The lowest BCUT2D eigenvalue weighted by Crippen LogP contribution is -2.43. The molecule has 83 heavy (non-hydrogen) atoms. The fourth-order valence-corrected chi connectivity index (χ4v) is 23.8. The first-order valence-electron chi connectivity index (χ1n) is 31.4. The van der Waals surface area contributed by atoms with E-state index in [1.54, 1.807) is 16.7 Å². The van der Waals surface area contributed by atoms with Crippen LogP contribution >= 0.6 is 35.3 Å². The van der Waals surface area contributed by atoms with Crippen LogP contribution < -0.4 is 0 Å². The molecule has 3 aliphatic carbocycles. The van der Waals surface area contributed by atoms with Crippen molar-refractivity contribution >= 4 is 99.9 Å². The summed E-state index contributed by atoms with van der Waals surface area (Å²) in [6.07, 6.45) is 15.5. The van der Waals surface area contributed by atoms with Crippen LogP contribution in [0.15, 0.2) is 185 Å². The van der Waals surface area contributed by atoms with Crippen molar-refractivity contribution in [2.75, 3.05) is 0 Å². The molecule has 0 amide bonds. The van der Waals surface area contributed by atoms with Gasteiger partial charge in [-0.2, -0.15) is 0 Å². The molecule has 18 rings (SSSR count). The van der Waals surface area contributed by atoms with Crippen molar-refractivity contribution in [1.82, 2.24) is 0 Å². The summed E-state index contributed by atoms with van der Waals surface area (Å²) in [5, 5.41) is 16.4. The molecule has 3 saturated carbocycles. The first-order chi connectivity index (χ1) is 40.3. The quantitative estimate of drug-likeness (QED) is 0.169. The van der Waals surface area contributed by atoms with Gasteiger partial charge in [0.05, 0.1) is 0 Å². The van der Waals surface area contributed by atoms with Crippen LogP contribution in [0, 0.1) is 0 Å². The largest absolute Gasteiger partial charge is 0.118 e. The molecule has 3 heterocycles. The van der Waals surface area contributed by atoms with Crippen LogP contribution in [0.3, 0.4) is 0 Å². The lowest BCUT2D eigenvalue weighted by Gasteiger charge is -2.45. The van der Waals surface area contributed by atoms with E-state index >= 15 is 0 Å². The number of thioether (sulfide) groups is 3. The molecule has 0 aromatic heterocycles. The van der Waals surface area contributed by atoms with Crippen molar-refractivity contribution < 1.29 is 0 Å². The Morgan fingerprint density at radius 3 is 1.04 bits per heavy atom. The van der Waals surface area contributed by atoms with E-state index in [1.165, 1.54) is 212 Å². The fraction of sp³-hybridized carbons (Fsp3) is 0.300. The first-order valence-corrected chi connectivity index (χ1v) is 33.8. The van der Waals surface area contributed by atoms with Gasteiger partial charge in [0.25, 0.3) is 0 Å². The van der Waals surface area contributed by atoms with Gasteiger partial charge in [0.2, 0.25) is 0 Å². The van der Waals surface area contributed by atoms with Crippen molar-refractivity contribution in [2.45, 2.75) is 164 Å². The third-order valence-corrected chi connectivity index (χ3v) is 28.9. The summed E-state index contributed by atoms with van der Waals surface area (Å²) in [5.41, 5.74) is 18.5. The number of hydrogen-bond acceptors (Lipinski definition) is 3. The fourth-order valence-electron chi connectivity index (χ4n) is 18.7. The number of hydrogen-bond donors (Lipinski definition) is 0. The molecule has 3 fully saturated rings. The van der Waals surface area contributed by atoms with Crippen LogP contribution in [0.2, 0.25) is 0 Å². The minimum absolute atomic E-state index is 0.139. The minimum atomic E-state index is 0.139. The van der Waals surface area contributed by atoms with Gasteiger partial charge in [-0.05, 0) is 233 Å². The van der Waals surface area contributed by atoms with E-state index in [9.17, 15) is 0 Å². The predicted molar refractivity (Wildman–Crippen MR) is 361 cm³/mol. The standard InChI is InChI=1S/C80H70S3/c1-75-38-13-16-41-78(75,4)81-63-35-26-49(44-60(63)75)52-29-32-57-68-55(52)24-19-25-56(68)71-66(47-20-9-7-10-21-47)73-58-33-30-53(50-27-36-64-61(45-50)76(2)39-14-17-42-79(76,5)82-64)69-54(51-28-37-65-62(46-51)77(3)40-15-18-43-80(77,6)83-65)31-34-59(70(58)69)74(73)67(72(57)71)48-22-11-8-12-23-48/h7-12,19-37,44-46H,13-18,38-43H2,1-6H3. The molecule has 0 bridgehead atoms. The molecular formula is C80H70S3. The molecule has 12 aromatic carbocycles. The molecule has 0 spiro atoms. The second-order valence-electron chi connectivity index (χ2n) is 27.7. The van der Waals surface area contributed by atoms with Crippen LogP contribution in [0.25, 0.3) is 120 Å². The highest BCUT2D eigenvalue weighted by Gasteiger charge is 2.56. The van der Waals surface area contributed by atoms with Crippen LogP contribution in [0.4, 0.5) is 0 Å². The molecule has 3 aliphatic heterocycles. The van der Waals surface area contributed by atoms with E-state index in [0.29, 0.717) is 0 Å². The van der Waals surface area contributed by atoms with E-state index in [1.807, 2.05) is 0 Å². The van der Waals surface area contributed by atoms with Gasteiger partial charge in [-0.25, -0.2) is 0 Å². The second-order valence-corrected chi connectivity index (χ2v) is 32.3. The van der Waals surface area contributed by atoms with Gasteiger partial charge in [-0.15, -0.1) is 35.3 Å². The maximum absolute atomic E-state index is 2.66. The average molecular weight is 1130 g/mol. The summed E-state index contributed by atoms with van der Waals surface area (Å²) in [5.74, 6) is 0. The number of fused-ring (bicyclic) bond motifs is 15. The molecular weight excluding hydrogens is 1060 g/mol. The molecule has 6 unspecified atom stereocenters. The lowest BCUT2D eigenvalue weighted by atomic mass is 9.64. The topological polar surface area (TPSA) is 0 Å². The van der Waals surface area contributed by atoms with E-state index < -0.39 is 0 Å². The lowest BCUT2D eigenvalue weighted by molar-refractivity contribution is 0.260. The van der Waals surface area contributed by atoms with Crippen molar-refractivity contribution in [1.29, 1.82) is 0 Å². The SMILES string of the molecule is CC12CCCCC1(C)c1cc(-c3ccc4c5c(-c6ccccc6)c6c7ccc(-c8ccc9c(c8)C8(C)CCCCC8(C)S9)c8c(-c9ccc%10c(c9)C9(C)CCCCC9(C)S%10)ccc(c6c(-c6ccccc6)c5c5cccc3c54)c87)ccc1S2. The summed E-state index contributed by atoms with van der Waals surface area (Å²) in [7, 11) is 0. The van der Waals surface area contributed by atoms with E-state index in [0.717, 1.165) is 0 Å². The molecule has 0 saturated heterocycles. The van der Waals surface area contributed by atoms with Crippen LogP contribution in [0.5, 0.6) is 0 Å². The maximum atomic E-state index is 2.66. The Morgan fingerprint density at radius 2 is 0.614 bits per heavy atom. The van der Waals surface area contributed by atoms with E-state index in [4.69, 9.17) is 0 Å². The maximum Gasteiger partial charge on any atom is 0.0273 e. The number of rotatable bonds is 5. The van der Waals surface area contributed by atoms with Gasteiger partial charge in [0.15, 0.2) is 0 Å². The Labute approximate surface area is 502 Å². The van der Waals surface area contributed by atoms with Crippen LogP contribution in [-0.4, -0.2) is 14.2 Å². The summed E-state index contributed by atoms with van der Waals surface area (Å²) in [4.78, 5) is 4.47. The molecule has 0 N–H and O–H groups in total. The monoisotopic (exact) mass is 1130 g/mol. The summed E-state index contributed by atoms with van der Waals surface area (Å²) in [6, 6.07) is 68.2. The molecule has 12 aromatic rings. The zero-order valence-electron chi connectivity index (χ0n) is 48.9. The van der Waals surface area contributed by atoms with Crippen LogP contribution in [0.1, 0.15) is 135 Å². The highest BCUT2D eigenvalue weighted by molar-refractivity contribution is 8.01. The van der Waals surface area contributed by atoms with Crippen molar-refractivity contribution in [3.8, 4) is 55.6 Å². The Hall–Kier alpha value is -6.23. The molecule has 0 radical (unpaired) electrons. The van der Waals surface area contributed by atoms with Crippen molar-refractivity contribution in [2.24, 2.45) is 0 Å². The smallest absolute Gasteiger partial charge is 0.0273 e. The molecule has 0 nitrogen and oxygen atoms in total.